The van der Waals surface area contributed by atoms with Gasteiger partial charge in [0, 0.05) is 21.4 Å². The summed E-state index contributed by atoms with van der Waals surface area (Å²) < 4.78 is 6.63. The number of hydrogen-bond acceptors (Lipinski definition) is 3. The molecule has 0 saturated carbocycles. The second kappa shape index (κ2) is 7.28. The summed E-state index contributed by atoms with van der Waals surface area (Å²) in [4.78, 5) is 4.34. The second-order valence-electron chi connectivity index (χ2n) is 4.30. The quantitative estimate of drug-likeness (QED) is 0.611. The third kappa shape index (κ3) is 4.23. The lowest BCUT2D eigenvalue weighted by atomic mass is 10.2. The average Bonchev–Trinajstić information content (AvgIpc) is 2.46. The van der Waals surface area contributed by atoms with Crippen LogP contribution in [0.1, 0.15) is 18.9 Å². The molecule has 0 bridgehead atoms. The Hall–Kier alpha value is -1.56. The zero-order chi connectivity index (χ0) is 14.4. The fourth-order valence-corrected chi connectivity index (χ4v) is 1.97. The first-order valence-electron chi connectivity index (χ1n) is 6.44. The van der Waals surface area contributed by atoms with Crippen molar-refractivity contribution in [2.75, 3.05) is 6.61 Å². The van der Waals surface area contributed by atoms with Crippen molar-refractivity contribution in [3.63, 3.8) is 0 Å². The summed E-state index contributed by atoms with van der Waals surface area (Å²) in [7, 11) is 0. The number of nitrogens with zero attached hydrogens (tertiary/aromatic N) is 1. The van der Waals surface area contributed by atoms with E-state index in [1.54, 1.807) is 18.3 Å². The van der Waals surface area contributed by atoms with Crippen molar-refractivity contribution >= 4 is 34.5 Å². The van der Waals surface area contributed by atoms with Gasteiger partial charge in [-0.05, 0) is 65.4 Å². The van der Waals surface area contributed by atoms with E-state index in [0.29, 0.717) is 17.9 Å². The maximum absolute atomic E-state index is 9.94. The molecule has 104 valence electrons. The monoisotopic (exact) mass is 381 g/mol. The van der Waals surface area contributed by atoms with Gasteiger partial charge in [0.2, 0.25) is 0 Å². The van der Waals surface area contributed by atoms with Crippen LogP contribution in [-0.2, 0) is 0 Å². The molecule has 2 aromatic carbocycles. The minimum atomic E-state index is 0.174. The van der Waals surface area contributed by atoms with E-state index in [0.717, 1.165) is 12.1 Å². The van der Waals surface area contributed by atoms with Gasteiger partial charge in [-0.25, -0.2) is 0 Å². The lowest BCUT2D eigenvalue weighted by molar-refractivity contribution is 0.315. The molecule has 0 aliphatic rings. The third-order valence-electron chi connectivity index (χ3n) is 2.65. The standard InChI is InChI=1S/C16H16INO2/c1-2-9-20-15-8-3-12(16(19)10-15)11-18-14-6-4-13(17)5-7-14/h3-8,10-11,19H,2,9H2,1H3. The van der Waals surface area contributed by atoms with E-state index in [9.17, 15) is 5.11 Å². The van der Waals surface area contributed by atoms with Crippen LogP contribution in [0.2, 0.25) is 0 Å². The third-order valence-corrected chi connectivity index (χ3v) is 3.37. The van der Waals surface area contributed by atoms with Crippen molar-refractivity contribution in [3.8, 4) is 11.5 Å². The molecule has 0 radical (unpaired) electrons. The average molecular weight is 381 g/mol. The summed E-state index contributed by atoms with van der Waals surface area (Å²) in [5, 5.41) is 9.94. The van der Waals surface area contributed by atoms with Crippen LogP contribution in [0.15, 0.2) is 47.5 Å². The Morgan fingerprint density at radius 1 is 1.20 bits per heavy atom. The second-order valence-corrected chi connectivity index (χ2v) is 5.55. The molecule has 2 rings (SSSR count). The van der Waals surface area contributed by atoms with Crippen molar-refractivity contribution in [2.24, 2.45) is 4.99 Å². The van der Waals surface area contributed by atoms with Gasteiger partial charge in [0.1, 0.15) is 11.5 Å². The van der Waals surface area contributed by atoms with E-state index in [2.05, 4.69) is 27.6 Å². The lowest BCUT2D eigenvalue weighted by Gasteiger charge is -2.06. The first-order chi connectivity index (χ1) is 9.69. The van der Waals surface area contributed by atoms with Crippen molar-refractivity contribution < 1.29 is 9.84 Å². The van der Waals surface area contributed by atoms with Crippen LogP contribution in [0.4, 0.5) is 5.69 Å². The molecular weight excluding hydrogens is 365 g/mol. The molecule has 0 spiro atoms. The first-order valence-corrected chi connectivity index (χ1v) is 7.52. The molecule has 1 N–H and O–H groups in total. The number of phenols is 1. The highest BCUT2D eigenvalue weighted by molar-refractivity contribution is 14.1. The van der Waals surface area contributed by atoms with Gasteiger partial charge < -0.3 is 9.84 Å². The van der Waals surface area contributed by atoms with Crippen LogP contribution in [-0.4, -0.2) is 17.9 Å². The van der Waals surface area contributed by atoms with E-state index in [-0.39, 0.29) is 5.75 Å². The Bertz CT molecular complexity index is 594. The van der Waals surface area contributed by atoms with Crippen LogP contribution in [0, 0.1) is 3.57 Å². The molecule has 0 aliphatic carbocycles. The Morgan fingerprint density at radius 3 is 2.60 bits per heavy atom. The maximum Gasteiger partial charge on any atom is 0.128 e. The van der Waals surface area contributed by atoms with Crippen LogP contribution < -0.4 is 4.74 Å². The molecule has 20 heavy (non-hydrogen) atoms. The Balaban J connectivity index is 2.11. The zero-order valence-corrected chi connectivity index (χ0v) is 13.4. The van der Waals surface area contributed by atoms with Crippen LogP contribution in [0.5, 0.6) is 11.5 Å². The molecule has 0 aromatic heterocycles. The molecule has 0 aliphatic heterocycles. The Kier molecular flexibility index (Phi) is 5.40. The summed E-state index contributed by atoms with van der Waals surface area (Å²) in [5.74, 6) is 0.851. The smallest absolute Gasteiger partial charge is 0.128 e. The highest BCUT2D eigenvalue weighted by atomic mass is 127. The Morgan fingerprint density at radius 2 is 1.95 bits per heavy atom. The largest absolute Gasteiger partial charge is 0.507 e. The van der Waals surface area contributed by atoms with Crippen molar-refractivity contribution in [2.45, 2.75) is 13.3 Å². The van der Waals surface area contributed by atoms with E-state index < -0.39 is 0 Å². The van der Waals surface area contributed by atoms with Gasteiger partial charge >= 0.3 is 0 Å². The predicted octanol–water partition coefficient (Wildman–Crippen LogP) is 4.54. The van der Waals surface area contributed by atoms with Gasteiger partial charge in [0.05, 0.1) is 12.3 Å². The fraction of sp³-hybridized carbons (Fsp3) is 0.188. The van der Waals surface area contributed by atoms with Gasteiger partial charge in [-0.1, -0.05) is 6.92 Å². The van der Waals surface area contributed by atoms with Crippen molar-refractivity contribution in [1.29, 1.82) is 0 Å². The number of hydrogen-bond donors (Lipinski definition) is 1. The van der Waals surface area contributed by atoms with E-state index in [1.165, 1.54) is 3.57 Å². The van der Waals surface area contributed by atoms with Gasteiger partial charge in [0.15, 0.2) is 0 Å². The topological polar surface area (TPSA) is 41.8 Å². The molecule has 0 unspecified atom stereocenters. The number of aromatic hydroxyl groups is 1. The summed E-state index contributed by atoms with van der Waals surface area (Å²) in [6.45, 7) is 2.69. The van der Waals surface area contributed by atoms with Crippen molar-refractivity contribution in [3.05, 3.63) is 51.6 Å². The number of phenolic OH excluding ortho intramolecular Hbond substituents is 1. The summed E-state index contributed by atoms with van der Waals surface area (Å²) in [5.41, 5.74) is 1.53. The molecule has 4 heteroatoms. The molecule has 0 heterocycles. The van der Waals surface area contributed by atoms with Gasteiger partial charge in [-0.2, -0.15) is 0 Å². The number of ether oxygens (including phenoxy) is 1. The number of benzene rings is 2. The first kappa shape index (κ1) is 14.8. The minimum absolute atomic E-state index is 0.174. The number of rotatable bonds is 5. The molecule has 0 fully saturated rings. The van der Waals surface area contributed by atoms with Crippen molar-refractivity contribution in [1.82, 2.24) is 0 Å². The summed E-state index contributed by atoms with van der Waals surface area (Å²) >= 11 is 2.25. The highest BCUT2D eigenvalue weighted by Gasteiger charge is 2.01. The SMILES string of the molecule is CCCOc1ccc(C=Nc2ccc(I)cc2)c(O)c1. The van der Waals surface area contributed by atoms with Crippen LogP contribution in [0.3, 0.4) is 0 Å². The van der Waals surface area contributed by atoms with Crippen LogP contribution in [0.25, 0.3) is 0 Å². The molecule has 2 aromatic rings. The molecular formula is C16H16INO2. The van der Waals surface area contributed by atoms with E-state index in [1.807, 2.05) is 37.3 Å². The normalized spacial score (nSPS) is 10.9. The van der Waals surface area contributed by atoms with Gasteiger partial charge in [0.25, 0.3) is 0 Å². The van der Waals surface area contributed by atoms with Gasteiger partial charge in [-0.15, -0.1) is 0 Å². The maximum atomic E-state index is 9.94. The fourth-order valence-electron chi connectivity index (χ4n) is 1.61. The minimum Gasteiger partial charge on any atom is -0.507 e. The molecule has 0 atom stereocenters. The van der Waals surface area contributed by atoms with E-state index in [4.69, 9.17) is 4.74 Å². The van der Waals surface area contributed by atoms with E-state index >= 15 is 0 Å². The summed E-state index contributed by atoms with van der Waals surface area (Å²) in [6, 6.07) is 13.1. The molecule has 0 saturated heterocycles. The number of aliphatic imine (C=N–C) groups is 1. The van der Waals surface area contributed by atoms with Gasteiger partial charge in [-0.3, -0.25) is 4.99 Å². The van der Waals surface area contributed by atoms with Crippen LogP contribution >= 0.6 is 22.6 Å². The lowest BCUT2D eigenvalue weighted by Crippen LogP contribution is -1.95. The highest BCUT2D eigenvalue weighted by Crippen LogP contribution is 2.23. The number of halogens is 1. The molecule has 3 nitrogen and oxygen atoms in total. The zero-order valence-electron chi connectivity index (χ0n) is 11.2. The predicted molar refractivity (Wildman–Crippen MR) is 90.3 cm³/mol. The Labute approximate surface area is 132 Å². The summed E-state index contributed by atoms with van der Waals surface area (Å²) in [6.07, 6.45) is 2.60. The molecule has 0 amide bonds.